The number of hydrogen-bond acceptors (Lipinski definition) is 5. The summed E-state index contributed by atoms with van der Waals surface area (Å²) in [5.74, 6) is -0.529. The van der Waals surface area contributed by atoms with Crippen molar-refractivity contribution in [2.24, 2.45) is 0 Å². The first-order chi connectivity index (χ1) is 7.24. The van der Waals surface area contributed by atoms with E-state index in [-0.39, 0.29) is 5.57 Å². The first-order valence-electron chi connectivity index (χ1n) is 4.09. The lowest BCUT2D eigenvalue weighted by molar-refractivity contribution is -0.133. The molecule has 80 valence electrons. The molecule has 0 aliphatic rings. The van der Waals surface area contributed by atoms with Crippen LogP contribution in [0.3, 0.4) is 0 Å². The van der Waals surface area contributed by atoms with Gasteiger partial charge >= 0.3 is 5.97 Å². The van der Waals surface area contributed by atoms with Crippen molar-refractivity contribution in [3.8, 4) is 0 Å². The minimum atomic E-state index is -0.529. The summed E-state index contributed by atoms with van der Waals surface area (Å²) in [5.41, 5.74) is 0.770. The second-order valence-electron chi connectivity index (χ2n) is 2.58. The number of methoxy groups -OCH3 is 2. The van der Waals surface area contributed by atoms with Gasteiger partial charge in [-0.15, -0.1) is 11.3 Å². The number of ether oxygens (including phenoxy) is 2. The predicted octanol–water partition coefficient (Wildman–Crippen LogP) is 1.72. The van der Waals surface area contributed by atoms with Crippen LogP contribution in [0, 0.1) is 0 Å². The number of carbonyl (C=O) groups is 2. The molecule has 0 aliphatic heterocycles. The monoisotopic (exact) mass is 226 g/mol. The quantitative estimate of drug-likeness (QED) is 0.339. The number of thiophene rings is 1. The zero-order valence-electron chi connectivity index (χ0n) is 8.35. The van der Waals surface area contributed by atoms with Gasteiger partial charge in [-0.2, -0.15) is 0 Å². The maximum Gasteiger partial charge on any atom is 0.341 e. The topological polar surface area (TPSA) is 52.6 Å². The maximum atomic E-state index is 11.4. The van der Waals surface area contributed by atoms with Crippen LogP contribution in [0.5, 0.6) is 0 Å². The Hall–Kier alpha value is -1.62. The van der Waals surface area contributed by atoms with Crippen LogP contribution in [-0.2, 0) is 14.3 Å². The van der Waals surface area contributed by atoms with Gasteiger partial charge in [0.15, 0.2) is 6.29 Å². The average Bonchev–Trinajstić information content (AvgIpc) is 2.72. The van der Waals surface area contributed by atoms with Gasteiger partial charge in [0.25, 0.3) is 0 Å². The van der Waals surface area contributed by atoms with Gasteiger partial charge in [0.1, 0.15) is 5.57 Å². The highest BCUT2D eigenvalue weighted by Gasteiger charge is 2.17. The van der Waals surface area contributed by atoms with Crippen LogP contribution in [0.15, 0.2) is 17.7 Å². The summed E-state index contributed by atoms with van der Waals surface area (Å²) in [6.07, 6.45) is 1.97. The van der Waals surface area contributed by atoms with Gasteiger partial charge in [-0.3, -0.25) is 4.79 Å². The number of carbonyl (C=O) groups excluding carboxylic acids is 2. The Morgan fingerprint density at radius 3 is 2.73 bits per heavy atom. The molecule has 0 unspecified atom stereocenters. The molecule has 4 nitrogen and oxygen atoms in total. The van der Waals surface area contributed by atoms with Crippen molar-refractivity contribution in [1.29, 1.82) is 0 Å². The standard InChI is InChI=1S/C10H10O4S/c1-13-6-8(10(12)14-2)7-3-4-15-9(7)5-11/h3-6H,1-2H3/b8-6-. The number of aldehydes is 1. The van der Waals surface area contributed by atoms with Crippen molar-refractivity contribution in [1.82, 2.24) is 0 Å². The number of hydrogen-bond donors (Lipinski definition) is 0. The molecule has 0 spiro atoms. The van der Waals surface area contributed by atoms with E-state index in [4.69, 9.17) is 4.74 Å². The normalized spacial score (nSPS) is 10.9. The van der Waals surface area contributed by atoms with Crippen molar-refractivity contribution in [2.75, 3.05) is 14.2 Å². The van der Waals surface area contributed by atoms with Crippen LogP contribution < -0.4 is 0 Å². The maximum absolute atomic E-state index is 11.4. The molecule has 0 saturated heterocycles. The summed E-state index contributed by atoms with van der Waals surface area (Å²) in [5, 5.41) is 1.73. The van der Waals surface area contributed by atoms with Gasteiger partial charge in [-0.25, -0.2) is 4.79 Å². The van der Waals surface area contributed by atoms with Gasteiger partial charge in [0, 0.05) is 5.56 Å². The Kier molecular flexibility index (Phi) is 4.05. The predicted molar refractivity (Wildman–Crippen MR) is 56.7 cm³/mol. The van der Waals surface area contributed by atoms with E-state index in [0.29, 0.717) is 16.7 Å². The molecule has 0 fully saturated rings. The molecule has 1 heterocycles. The van der Waals surface area contributed by atoms with Gasteiger partial charge < -0.3 is 9.47 Å². The summed E-state index contributed by atoms with van der Waals surface area (Å²) in [6, 6.07) is 1.68. The molecular weight excluding hydrogens is 216 g/mol. The third kappa shape index (κ3) is 2.44. The average molecular weight is 226 g/mol. The lowest BCUT2D eigenvalue weighted by Gasteiger charge is -2.03. The molecule has 0 amide bonds. The van der Waals surface area contributed by atoms with Crippen LogP contribution in [0.4, 0.5) is 0 Å². The third-order valence-corrected chi connectivity index (χ3v) is 2.58. The smallest absolute Gasteiger partial charge is 0.341 e. The SMILES string of the molecule is CO/C=C(\C(=O)OC)c1ccsc1C=O. The van der Waals surface area contributed by atoms with Gasteiger partial charge in [-0.1, -0.05) is 0 Å². The van der Waals surface area contributed by atoms with Crippen molar-refractivity contribution >= 4 is 29.2 Å². The highest BCUT2D eigenvalue weighted by Crippen LogP contribution is 2.24. The molecule has 0 saturated carbocycles. The van der Waals surface area contributed by atoms with Crippen LogP contribution in [0.1, 0.15) is 15.2 Å². The molecule has 0 aliphatic carbocycles. The summed E-state index contributed by atoms with van der Waals surface area (Å²) in [4.78, 5) is 22.6. The van der Waals surface area contributed by atoms with Crippen LogP contribution in [-0.4, -0.2) is 26.5 Å². The lowest BCUT2D eigenvalue weighted by Crippen LogP contribution is -2.05. The second-order valence-corrected chi connectivity index (χ2v) is 3.52. The zero-order chi connectivity index (χ0) is 11.3. The largest absolute Gasteiger partial charge is 0.503 e. The Balaban J connectivity index is 3.15. The summed E-state index contributed by atoms with van der Waals surface area (Å²) in [7, 11) is 2.70. The van der Waals surface area contributed by atoms with E-state index in [1.165, 1.54) is 31.8 Å². The van der Waals surface area contributed by atoms with Crippen LogP contribution >= 0.6 is 11.3 Å². The summed E-state index contributed by atoms with van der Waals surface area (Å²) >= 11 is 1.26. The molecule has 1 rings (SSSR count). The van der Waals surface area contributed by atoms with Crippen molar-refractivity contribution in [3.63, 3.8) is 0 Å². The molecule has 0 radical (unpaired) electrons. The Morgan fingerprint density at radius 2 is 2.20 bits per heavy atom. The molecule has 1 aromatic heterocycles. The molecule has 15 heavy (non-hydrogen) atoms. The Morgan fingerprint density at radius 1 is 1.47 bits per heavy atom. The van der Waals surface area contributed by atoms with Crippen LogP contribution in [0.2, 0.25) is 0 Å². The Labute approximate surface area is 91.1 Å². The van der Waals surface area contributed by atoms with Crippen LogP contribution in [0.25, 0.3) is 5.57 Å². The zero-order valence-corrected chi connectivity index (χ0v) is 9.17. The highest BCUT2D eigenvalue weighted by molar-refractivity contribution is 7.12. The molecule has 0 atom stereocenters. The first-order valence-corrected chi connectivity index (χ1v) is 4.96. The van der Waals surface area contributed by atoms with E-state index in [1.807, 2.05) is 0 Å². The minimum Gasteiger partial charge on any atom is -0.503 e. The molecule has 0 N–H and O–H groups in total. The number of rotatable bonds is 4. The van der Waals surface area contributed by atoms with Crippen molar-refractivity contribution < 1.29 is 19.1 Å². The fraction of sp³-hybridized carbons (Fsp3) is 0.200. The van der Waals surface area contributed by atoms with Crippen molar-refractivity contribution in [3.05, 3.63) is 28.1 Å². The fourth-order valence-electron chi connectivity index (χ4n) is 1.08. The summed E-state index contributed by atoms with van der Waals surface area (Å²) in [6.45, 7) is 0. The van der Waals surface area contributed by atoms with Crippen molar-refractivity contribution in [2.45, 2.75) is 0 Å². The van der Waals surface area contributed by atoms with E-state index in [1.54, 1.807) is 11.4 Å². The Bertz CT molecular complexity index is 392. The van der Waals surface area contributed by atoms with E-state index in [0.717, 1.165) is 0 Å². The lowest BCUT2D eigenvalue weighted by atomic mass is 10.1. The fourth-order valence-corrected chi connectivity index (χ4v) is 1.80. The van der Waals surface area contributed by atoms with E-state index < -0.39 is 5.97 Å². The molecule has 1 aromatic rings. The second kappa shape index (κ2) is 5.31. The third-order valence-electron chi connectivity index (χ3n) is 1.73. The van der Waals surface area contributed by atoms with Gasteiger partial charge in [0.05, 0.1) is 25.4 Å². The van der Waals surface area contributed by atoms with Gasteiger partial charge in [0.2, 0.25) is 0 Å². The first kappa shape index (κ1) is 11.5. The van der Waals surface area contributed by atoms with E-state index >= 15 is 0 Å². The molecule has 5 heteroatoms. The molecule has 0 bridgehead atoms. The van der Waals surface area contributed by atoms with E-state index in [9.17, 15) is 9.59 Å². The molecular formula is C10H10O4S. The van der Waals surface area contributed by atoms with E-state index in [2.05, 4.69) is 4.74 Å². The minimum absolute atomic E-state index is 0.239. The van der Waals surface area contributed by atoms with Gasteiger partial charge in [-0.05, 0) is 11.4 Å². The molecule has 0 aromatic carbocycles. The summed E-state index contributed by atoms with van der Waals surface area (Å²) < 4.78 is 9.37. The number of esters is 1. The highest BCUT2D eigenvalue weighted by atomic mass is 32.1.